The Labute approximate surface area is 229 Å². The zero-order chi connectivity index (χ0) is 24.9. The molecule has 0 radical (unpaired) electrons. The topological polar surface area (TPSA) is 101 Å². The summed E-state index contributed by atoms with van der Waals surface area (Å²) in [6.45, 7) is 0.644. The number of nitrogens with two attached hydrogens (primary N) is 1. The van der Waals surface area contributed by atoms with E-state index in [1.165, 1.54) is 0 Å². The Morgan fingerprint density at radius 3 is 2.57 bits per heavy atom. The van der Waals surface area contributed by atoms with Crippen LogP contribution in [-0.2, 0) is 6.54 Å². The van der Waals surface area contributed by atoms with E-state index in [0.717, 1.165) is 54.6 Å². The predicted octanol–water partition coefficient (Wildman–Crippen LogP) is 5.29. The number of phenols is 1. The van der Waals surface area contributed by atoms with Gasteiger partial charge < -0.3 is 25.8 Å². The van der Waals surface area contributed by atoms with Gasteiger partial charge in [-0.2, -0.15) is 0 Å². The first-order chi connectivity index (χ1) is 16.8. The van der Waals surface area contributed by atoms with Gasteiger partial charge in [-0.05, 0) is 86.8 Å². The van der Waals surface area contributed by atoms with Gasteiger partial charge in [0, 0.05) is 18.6 Å². The molecule has 37 heavy (non-hydrogen) atoms. The zero-order valence-electron chi connectivity index (χ0n) is 20.8. The lowest BCUT2D eigenvalue weighted by Crippen LogP contribution is -2.40. The maximum atomic E-state index is 14.0. The monoisotopic (exact) mass is 550 g/mol. The summed E-state index contributed by atoms with van der Waals surface area (Å²) in [5.74, 6) is -0.338. The van der Waals surface area contributed by atoms with E-state index in [1.54, 1.807) is 18.2 Å². The molecule has 10 heteroatoms. The Balaban J connectivity index is 0.00000241. The fourth-order valence-corrected chi connectivity index (χ4v) is 4.37. The second-order valence-electron chi connectivity index (χ2n) is 9.30. The molecule has 4 rings (SSSR count). The van der Waals surface area contributed by atoms with Crippen LogP contribution in [0.5, 0.6) is 17.4 Å². The molecule has 200 valence electrons. The normalized spacial score (nSPS) is 16.9. The number of amides is 1. The van der Waals surface area contributed by atoms with Crippen LogP contribution in [0.4, 0.5) is 4.39 Å². The number of hydrogen-bond donors (Lipinski definition) is 3. The highest BCUT2D eigenvalue weighted by molar-refractivity contribution is 5.96. The molecule has 0 aliphatic heterocycles. The lowest BCUT2D eigenvalue weighted by molar-refractivity contribution is 0.0922. The average Bonchev–Trinajstić information content (AvgIpc) is 2.81. The van der Waals surface area contributed by atoms with Gasteiger partial charge in [0.25, 0.3) is 5.91 Å². The highest BCUT2D eigenvalue weighted by atomic mass is 35.5. The maximum Gasteiger partial charge on any atom is 0.257 e. The van der Waals surface area contributed by atoms with Gasteiger partial charge in [-0.15, -0.1) is 24.8 Å². The van der Waals surface area contributed by atoms with Gasteiger partial charge in [-0.3, -0.25) is 4.79 Å². The first-order valence-electron chi connectivity index (χ1n) is 11.8. The molecule has 1 heterocycles. The number of nitrogens with one attached hydrogen (secondary N) is 1. The summed E-state index contributed by atoms with van der Waals surface area (Å²) < 4.78 is 20.0. The first kappa shape index (κ1) is 30.3. The highest BCUT2D eigenvalue weighted by Gasteiger charge is 2.23. The van der Waals surface area contributed by atoms with Crippen LogP contribution in [0, 0.1) is 5.82 Å². The molecule has 0 unspecified atom stereocenters. The van der Waals surface area contributed by atoms with Crippen LogP contribution >= 0.6 is 24.8 Å². The molecule has 3 aromatic rings. The molecule has 0 saturated heterocycles. The van der Waals surface area contributed by atoms with Crippen molar-refractivity contribution in [1.29, 1.82) is 0 Å². The van der Waals surface area contributed by atoms with Crippen molar-refractivity contribution in [2.45, 2.75) is 44.3 Å². The van der Waals surface area contributed by atoms with E-state index in [9.17, 15) is 14.3 Å². The minimum absolute atomic E-state index is 0. The van der Waals surface area contributed by atoms with E-state index in [1.807, 2.05) is 43.3 Å². The fraction of sp³-hybridized carbons (Fsp3) is 0.333. The van der Waals surface area contributed by atoms with E-state index in [0.29, 0.717) is 12.3 Å². The molecule has 1 fully saturated rings. The van der Waals surface area contributed by atoms with Crippen molar-refractivity contribution in [1.82, 2.24) is 15.2 Å². The SMILES string of the molecule is CN(C)Cc1cc(O)ccc1-c1cccc(Oc2ncc(F)cc2C(=O)N[C@H]2CC[C@H](N)CC2)c1.Cl.Cl. The molecule has 2 aromatic carbocycles. The molecule has 0 bridgehead atoms. The van der Waals surface area contributed by atoms with Crippen molar-refractivity contribution < 1.29 is 19.0 Å². The van der Waals surface area contributed by atoms with E-state index in [-0.39, 0.29) is 54.1 Å². The van der Waals surface area contributed by atoms with Crippen molar-refractivity contribution in [2.75, 3.05) is 14.1 Å². The van der Waals surface area contributed by atoms with Gasteiger partial charge in [0.2, 0.25) is 5.88 Å². The van der Waals surface area contributed by atoms with Crippen LogP contribution in [0.25, 0.3) is 11.1 Å². The summed E-state index contributed by atoms with van der Waals surface area (Å²) in [6.07, 6.45) is 4.29. The molecule has 1 aliphatic rings. The number of hydrogen-bond acceptors (Lipinski definition) is 6. The Kier molecular flexibility index (Phi) is 11.1. The standard InChI is InChI=1S/C27H31FN4O3.2ClH/c1-32(2)16-18-12-22(33)10-11-24(18)17-4-3-5-23(13-17)35-27-25(14-19(28)15-30-27)26(34)31-21-8-6-20(29)7-9-21;;/h3-5,10-15,20-21,33H,6-9,16,29H2,1-2H3,(H,31,34);2*1H/t20-,21-;;. The number of nitrogens with zero attached hydrogens (tertiary/aromatic N) is 2. The molecular formula is C27H33Cl2FN4O3. The molecule has 0 spiro atoms. The van der Waals surface area contributed by atoms with Gasteiger partial charge in [-0.25, -0.2) is 9.37 Å². The lowest BCUT2D eigenvalue weighted by Gasteiger charge is -2.27. The average molecular weight is 551 g/mol. The molecule has 1 saturated carbocycles. The van der Waals surface area contributed by atoms with E-state index >= 15 is 0 Å². The quantitative estimate of drug-likeness (QED) is 0.369. The zero-order valence-corrected chi connectivity index (χ0v) is 22.4. The van der Waals surface area contributed by atoms with E-state index < -0.39 is 11.7 Å². The van der Waals surface area contributed by atoms with Crippen molar-refractivity contribution in [3.05, 3.63) is 71.7 Å². The summed E-state index contributed by atoms with van der Waals surface area (Å²) >= 11 is 0. The van der Waals surface area contributed by atoms with Crippen LogP contribution in [0.1, 0.15) is 41.6 Å². The number of halogens is 3. The van der Waals surface area contributed by atoms with Gasteiger partial charge >= 0.3 is 0 Å². The summed E-state index contributed by atoms with van der Waals surface area (Å²) in [7, 11) is 3.92. The lowest BCUT2D eigenvalue weighted by atomic mass is 9.91. The number of ether oxygens (including phenoxy) is 1. The van der Waals surface area contributed by atoms with Gasteiger partial charge in [0.15, 0.2) is 0 Å². The second kappa shape index (κ2) is 13.6. The number of phenolic OH excluding ortho intramolecular Hbond substituents is 1. The maximum absolute atomic E-state index is 14.0. The van der Waals surface area contributed by atoms with Gasteiger partial charge in [0.05, 0.1) is 6.20 Å². The summed E-state index contributed by atoms with van der Waals surface area (Å²) in [5, 5.41) is 12.9. The molecule has 0 atom stereocenters. The minimum atomic E-state index is -0.612. The number of aromatic hydroxyl groups is 1. The third-order valence-corrected chi connectivity index (χ3v) is 6.10. The third kappa shape index (κ3) is 8.04. The molecule has 1 aliphatic carbocycles. The fourth-order valence-electron chi connectivity index (χ4n) is 4.37. The predicted molar refractivity (Wildman–Crippen MR) is 147 cm³/mol. The molecule has 1 aromatic heterocycles. The Hall–Kier alpha value is -2.91. The first-order valence-corrected chi connectivity index (χ1v) is 11.8. The van der Waals surface area contributed by atoms with Crippen molar-refractivity contribution >= 4 is 30.7 Å². The summed E-state index contributed by atoms with van der Waals surface area (Å²) in [4.78, 5) is 19.0. The van der Waals surface area contributed by atoms with Crippen LogP contribution in [0.2, 0.25) is 0 Å². The molecule has 1 amide bonds. The second-order valence-corrected chi connectivity index (χ2v) is 9.30. The molecule has 7 nitrogen and oxygen atoms in total. The van der Waals surface area contributed by atoms with Gasteiger partial charge in [-0.1, -0.05) is 18.2 Å². The number of carbonyl (C=O) groups is 1. The number of rotatable bonds is 7. The highest BCUT2D eigenvalue weighted by Crippen LogP contribution is 2.32. The van der Waals surface area contributed by atoms with Crippen LogP contribution in [0.15, 0.2) is 54.7 Å². The molecule has 4 N–H and O–H groups in total. The number of pyridine rings is 1. The van der Waals surface area contributed by atoms with E-state index in [2.05, 4.69) is 10.3 Å². The van der Waals surface area contributed by atoms with Crippen LogP contribution in [-0.4, -0.2) is 47.1 Å². The Bertz CT molecular complexity index is 1200. The Morgan fingerprint density at radius 2 is 1.86 bits per heavy atom. The van der Waals surface area contributed by atoms with Gasteiger partial charge in [0.1, 0.15) is 22.9 Å². The number of carbonyl (C=O) groups excluding carboxylic acids is 1. The number of benzene rings is 2. The summed E-state index contributed by atoms with van der Waals surface area (Å²) in [5.41, 5.74) is 8.79. The largest absolute Gasteiger partial charge is 0.508 e. The minimum Gasteiger partial charge on any atom is -0.508 e. The smallest absolute Gasteiger partial charge is 0.257 e. The van der Waals surface area contributed by atoms with E-state index in [4.69, 9.17) is 10.5 Å². The number of aromatic nitrogens is 1. The third-order valence-electron chi connectivity index (χ3n) is 6.10. The van der Waals surface area contributed by atoms with Crippen molar-refractivity contribution in [3.8, 4) is 28.5 Å². The Morgan fingerprint density at radius 1 is 1.14 bits per heavy atom. The van der Waals surface area contributed by atoms with Crippen molar-refractivity contribution in [2.24, 2.45) is 5.73 Å². The van der Waals surface area contributed by atoms with Crippen LogP contribution in [0.3, 0.4) is 0 Å². The summed E-state index contributed by atoms with van der Waals surface area (Å²) in [6, 6.07) is 13.9. The molecular weight excluding hydrogens is 518 g/mol. The van der Waals surface area contributed by atoms with Crippen molar-refractivity contribution in [3.63, 3.8) is 0 Å². The van der Waals surface area contributed by atoms with Crippen LogP contribution < -0.4 is 15.8 Å².